The molecular formula is C21H18ClN3OS. The number of halogens is 1. The Morgan fingerprint density at radius 2 is 1.93 bits per heavy atom. The van der Waals surface area contributed by atoms with Crippen LogP contribution in [-0.4, -0.2) is 15.4 Å². The maximum absolute atomic E-state index is 10.7. The number of benzene rings is 2. The van der Waals surface area contributed by atoms with Crippen LogP contribution < -0.4 is 4.80 Å². The number of hydrogen-bond donors (Lipinski definition) is 1. The molecule has 0 amide bonds. The van der Waals surface area contributed by atoms with Crippen molar-refractivity contribution in [2.75, 3.05) is 0 Å². The van der Waals surface area contributed by atoms with Gasteiger partial charge >= 0.3 is 0 Å². The first-order valence-electron chi connectivity index (χ1n) is 8.66. The second-order valence-corrected chi connectivity index (χ2v) is 7.62. The number of aromatic nitrogens is 1. The zero-order valence-corrected chi connectivity index (χ0v) is 16.6. The van der Waals surface area contributed by atoms with Crippen molar-refractivity contribution in [2.45, 2.75) is 20.4 Å². The SMILES string of the molecule is CCn1c(O)c(/C=C2\C(C)=Nc3ccccc32)sc1=Nc1ccc(Cl)cc1. The highest BCUT2D eigenvalue weighted by molar-refractivity contribution is 7.10. The van der Waals surface area contributed by atoms with Crippen molar-refractivity contribution in [3.8, 4) is 5.88 Å². The molecule has 2 aromatic carbocycles. The van der Waals surface area contributed by atoms with E-state index in [0.29, 0.717) is 11.6 Å². The fourth-order valence-corrected chi connectivity index (χ4v) is 4.24. The minimum absolute atomic E-state index is 0.222. The normalized spacial score (nSPS) is 15.3. The summed E-state index contributed by atoms with van der Waals surface area (Å²) in [5, 5.41) is 11.4. The van der Waals surface area contributed by atoms with Crippen molar-refractivity contribution in [2.24, 2.45) is 9.98 Å². The molecule has 1 N–H and O–H groups in total. The Balaban J connectivity index is 1.83. The minimum atomic E-state index is 0.222. The molecule has 6 heteroatoms. The molecule has 0 saturated heterocycles. The van der Waals surface area contributed by atoms with Gasteiger partial charge in [-0.1, -0.05) is 41.1 Å². The monoisotopic (exact) mass is 395 g/mol. The quantitative estimate of drug-likeness (QED) is 0.597. The molecule has 0 atom stereocenters. The lowest BCUT2D eigenvalue weighted by Gasteiger charge is -2.02. The van der Waals surface area contributed by atoms with E-state index in [1.165, 1.54) is 11.3 Å². The van der Waals surface area contributed by atoms with Crippen LogP contribution in [0.2, 0.25) is 5.02 Å². The van der Waals surface area contributed by atoms with Crippen LogP contribution in [-0.2, 0) is 6.54 Å². The number of fused-ring (bicyclic) bond motifs is 1. The Labute approximate surface area is 166 Å². The number of aromatic hydroxyl groups is 1. The van der Waals surface area contributed by atoms with E-state index in [1.807, 2.05) is 62.4 Å². The maximum Gasteiger partial charge on any atom is 0.211 e. The lowest BCUT2D eigenvalue weighted by atomic mass is 10.0. The fraction of sp³-hybridized carbons (Fsp3) is 0.143. The fourth-order valence-electron chi connectivity index (χ4n) is 3.06. The van der Waals surface area contributed by atoms with Crippen LogP contribution >= 0.6 is 22.9 Å². The van der Waals surface area contributed by atoms with Crippen molar-refractivity contribution < 1.29 is 5.11 Å². The molecule has 0 radical (unpaired) electrons. The van der Waals surface area contributed by atoms with Crippen LogP contribution in [0.15, 0.2) is 58.5 Å². The van der Waals surface area contributed by atoms with Gasteiger partial charge in [0, 0.05) is 28.4 Å². The molecule has 0 spiro atoms. The number of allylic oxidation sites excluding steroid dienone is 1. The molecule has 0 aliphatic carbocycles. The topological polar surface area (TPSA) is 49.9 Å². The summed E-state index contributed by atoms with van der Waals surface area (Å²) in [5.41, 5.74) is 4.83. The molecule has 1 aliphatic heterocycles. The standard InChI is InChI=1S/C21H18ClN3OS/c1-3-25-20(26)19(27-21(25)24-15-10-8-14(22)9-11-15)12-17-13(2)23-18-7-5-4-6-16(17)18/h4-12,26H,3H2,1-2H3/b17-12+,24-21?. The lowest BCUT2D eigenvalue weighted by molar-refractivity contribution is 0.416. The van der Waals surface area contributed by atoms with Gasteiger partial charge in [0.2, 0.25) is 5.88 Å². The van der Waals surface area contributed by atoms with Crippen LogP contribution in [0.4, 0.5) is 11.4 Å². The third kappa shape index (κ3) is 3.36. The highest BCUT2D eigenvalue weighted by atomic mass is 35.5. The van der Waals surface area contributed by atoms with Crippen LogP contribution in [0, 0.1) is 0 Å². The molecule has 0 saturated carbocycles. The van der Waals surface area contributed by atoms with Gasteiger partial charge in [-0.2, -0.15) is 0 Å². The molecule has 4 nitrogen and oxygen atoms in total. The first-order chi connectivity index (χ1) is 13.1. The number of thiazole rings is 1. The van der Waals surface area contributed by atoms with Crippen molar-refractivity contribution >= 4 is 51.7 Å². The Morgan fingerprint density at radius 1 is 1.19 bits per heavy atom. The van der Waals surface area contributed by atoms with Crippen LogP contribution in [0.25, 0.3) is 11.6 Å². The van der Waals surface area contributed by atoms with E-state index in [4.69, 9.17) is 11.6 Å². The van der Waals surface area contributed by atoms with E-state index >= 15 is 0 Å². The van der Waals surface area contributed by atoms with Crippen molar-refractivity contribution in [3.05, 3.63) is 68.8 Å². The zero-order valence-electron chi connectivity index (χ0n) is 15.0. The van der Waals surface area contributed by atoms with Gasteiger partial charge in [0.1, 0.15) is 0 Å². The third-order valence-corrected chi connectivity index (χ3v) is 5.69. The predicted molar refractivity (Wildman–Crippen MR) is 113 cm³/mol. The molecule has 4 rings (SSSR count). The summed E-state index contributed by atoms with van der Waals surface area (Å²) >= 11 is 7.40. The number of nitrogens with zero attached hydrogens (tertiary/aromatic N) is 3. The van der Waals surface area contributed by atoms with Gasteiger partial charge in [0.15, 0.2) is 4.80 Å². The average Bonchev–Trinajstić information content (AvgIpc) is 3.14. The van der Waals surface area contributed by atoms with E-state index in [9.17, 15) is 5.11 Å². The molecule has 3 aromatic rings. The minimum Gasteiger partial charge on any atom is -0.493 e. The van der Waals surface area contributed by atoms with Crippen LogP contribution in [0.1, 0.15) is 24.3 Å². The number of aliphatic imine (C=N–C) groups is 1. The van der Waals surface area contributed by atoms with Crippen LogP contribution in [0.5, 0.6) is 5.88 Å². The number of hydrogen-bond acceptors (Lipinski definition) is 4. The summed E-state index contributed by atoms with van der Waals surface area (Å²) in [7, 11) is 0. The molecule has 0 unspecified atom stereocenters. The summed E-state index contributed by atoms with van der Waals surface area (Å²) in [5.74, 6) is 0.222. The third-order valence-electron chi connectivity index (χ3n) is 4.42. The summed E-state index contributed by atoms with van der Waals surface area (Å²) < 4.78 is 1.80. The summed E-state index contributed by atoms with van der Waals surface area (Å²) in [6.45, 7) is 4.60. The Kier molecular flexibility index (Phi) is 4.72. The molecule has 27 heavy (non-hydrogen) atoms. The van der Waals surface area contributed by atoms with Gasteiger partial charge in [0.25, 0.3) is 0 Å². The lowest BCUT2D eigenvalue weighted by Crippen LogP contribution is -2.12. The Hall–Kier alpha value is -2.63. The van der Waals surface area contributed by atoms with E-state index in [2.05, 4.69) is 16.1 Å². The molecule has 1 aliphatic rings. The smallest absolute Gasteiger partial charge is 0.211 e. The first-order valence-corrected chi connectivity index (χ1v) is 9.86. The molecule has 136 valence electrons. The first kappa shape index (κ1) is 17.8. The van der Waals surface area contributed by atoms with Crippen molar-refractivity contribution in [1.82, 2.24) is 4.57 Å². The van der Waals surface area contributed by atoms with Crippen molar-refractivity contribution in [3.63, 3.8) is 0 Å². The molecule has 0 bridgehead atoms. The molecule has 1 aromatic heterocycles. The largest absolute Gasteiger partial charge is 0.493 e. The molecule has 2 heterocycles. The van der Waals surface area contributed by atoms with Crippen LogP contribution in [0.3, 0.4) is 0 Å². The predicted octanol–water partition coefficient (Wildman–Crippen LogP) is 5.81. The van der Waals surface area contributed by atoms with Gasteiger partial charge in [-0.15, -0.1) is 0 Å². The molecule has 0 fully saturated rings. The van der Waals surface area contributed by atoms with E-state index in [-0.39, 0.29) is 5.88 Å². The van der Waals surface area contributed by atoms with Gasteiger partial charge < -0.3 is 5.11 Å². The van der Waals surface area contributed by atoms with Gasteiger partial charge in [-0.3, -0.25) is 9.56 Å². The highest BCUT2D eigenvalue weighted by Gasteiger charge is 2.19. The van der Waals surface area contributed by atoms with E-state index in [1.54, 1.807) is 4.57 Å². The zero-order chi connectivity index (χ0) is 19.0. The van der Waals surface area contributed by atoms with Crippen molar-refractivity contribution in [1.29, 1.82) is 0 Å². The van der Waals surface area contributed by atoms with Gasteiger partial charge in [0.05, 0.1) is 16.3 Å². The summed E-state index contributed by atoms with van der Waals surface area (Å²) in [6, 6.07) is 15.4. The van der Waals surface area contributed by atoms with Gasteiger partial charge in [-0.25, -0.2) is 4.99 Å². The maximum atomic E-state index is 10.7. The molecular weight excluding hydrogens is 378 g/mol. The highest BCUT2D eigenvalue weighted by Crippen LogP contribution is 2.37. The average molecular weight is 396 g/mol. The van der Waals surface area contributed by atoms with Gasteiger partial charge in [-0.05, 0) is 50.3 Å². The number of rotatable bonds is 3. The summed E-state index contributed by atoms with van der Waals surface area (Å²) in [6.07, 6.45) is 2.00. The second kappa shape index (κ2) is 7.18. The van der Waals surface area contributed by atoms with E-state index < -0.39 is 0 Å². The number of para-hydroxylation sites is 1. The van der Waals surface area contributed by atoms with E-state index in [0.717, 1.165) is 37.9 Å². The Bertz CT molecular complexity index is 1140. The second-order valence-electron chi connectivity index (χ2n) is 6.18. The summed E-state index contributed by atoms with van der Waals surface area (Å²) in [4.78, 5) is 10.8. The Morgan fingerprint density at radius 3 is 2.67 bits per heavy atom.